The molecule has 0 aliphatic carbocycles. The summed E-state index contributed by atoms with van der Waals surface area (Å²) in [5.41, 5.74) is 3.85. The predicted molar refractivity (Wildman–Crippen MR) is 73.8 cm³/mol. The number of benzene rings is 1. The number of rotatable bonds is 4. The molecular formula is C14H16FN3O. The minimum absolute atomic E-state index is 0.0939. The summed E-state index contributed by atoms with van der Waals surface area (Å²) in [6.45, 7) is 3.88. The van der Waals surface area contributed by atoms with Crippen LogP contribution in [-0.2, 0) is 0 Å². The van der Waals surface area contributed by atoms with Gasteiger partial charge in [0.2, 0.25) is 0 Å². The Hall–Kier alpha value is -2.14. The second kappa shape index (κ2) is 5.67. The number of aromatic nitrogens is 1. The summed E-state index contributed by atoms with van der Waals surface area (Å²) >= 11 is 0. The summed E-state index contributed by atoms with van der Waals surface area (Å²) < 4.78 is 14.1. The molecule has 0 saturated heterocycles. The van der Waals surface area contributed by atoms with Crippen LogP contribution < -0.4 is 10.8 Å². The van der Waals surface area contributed by atoms with E-state index in [1.165, 1.54) is 12.1 Å². The van der Waals surface area contributed by atoms with Gasteiger partial charge < -0.3 is 5.32 Å². The third-order valence-corrected chi connectivity index (χ3v) is 2.63. The van der Waals surface area contributed by atoms with Gasteiger partial charge in [-0.3, -0.25) is 15.7 Å². The van der Waals surface area contributed by atoms with Crippen molar-refractivity contribution in [3.8, 4) is 11.3 Å². The first-order chi connectivity index (χ1) is 9.13. The van der Waals surface area contributed by atoms with Crippen LogP contribution in [0.4, 0.5) is 15.8 Å². The van der Waals surface area contributed by atoms with Crippen molar-refractivity contribution >= 4 is 11.4 Å². The van der Waals surface area contributed by atoms with E-state index in [9.17, 15) is 4.39 Å². The van der Waals surface area contributed by atoms with E-state index in [2.05, 4.69) is 15.8 Å². The van der Waals surface area contributed by atoms with Gasteiger partial charge in [0.15, 0.2) is 0 Å². The Labute approximate surface area is 111 Å². The molecule has 1 aromatic heterocycles. The Morgan fingerprint density at radius 2 is 2.00 bits per heavy atom. The number of nitrogens with one attached hydrogen (secondary N) is 2. The van der Waals surface area contributed by atoms with Crippen LogP contribution in [0.2, 0.25) is 0 Å². The average Bonchev–Trinajstić information content (AvgIpc) is 2.39. The first-order valence-corrected chi connectivity index (χ1v) is 6.04. The van der Waals surface area contributed by atoms with Gasteiger partial charge in [-0.1, -0.05) is 6.07 Å². The number of halogens is 1. The molecule has 0 amide bonds. The molecule has 0 fully saturated rings. The molecular weight excluding hydrogens is 245 g/mol. The zero-order valence-corrected chi connectivity index (χ0v) is 10.8. The number of nitrogens with zero attached hydrogens (tertiary/aromatic N) is 1. The lowest BCUT2D eigenvalue weighted by Gasteiger charge is -2.18. The van der Waals surface area contributed by atoms with Crippen molar-refractivity contribution in [1.29, 1.82) is 0 Å². The van der Waals surface area contributed by atoms with Gasteiger partial charge in [-0.2, -0.15) is 0 Å². The van der Waals surface area contributed by atoms with Crippen molar-refractivity contribution in [2.24, 2.45) is 0 Å². The molecule has 3 N–H and O–H groups in total. The molecule has 2 rings (SSSR count). The van der Waals surface area contributed by atoms with Crippen molar-refractivity contribution < 1.29 is 9.60 Å². The van der Waals surface area contributed by atoms with Crippen molar-refractivity contribution in [1.82, 2.24) is 4.98 Å². The molecule has 0 spiro atoms. The van der Waals surface area contributed by atoms with E-state index in [1.54, 1.807) is 24.4 Å². The molecule has 0 aliphatic rings. The van der Waals surface area contributed by atoms with Crippen molar-refractivity contribution in [2.45, 2.75) is 19.9 Å². The quantitative estimate of drug-likeness (QED) is 0.737. The van der Waals surface area contributed by atoms with E-state index in [1.807, 2.05) is 13.8 Å². The molecule has 0 saturated carbocycles. The van der Waals surface area contributed by atoms with Crippen LogP contribution in [0, 0.1) is 5.82 Å². The predicted octanol–water partition coefficient (Wildman–Crippen LogP) is 3.51. The van der Waals surface area contributed by atoms with Crippen molar-refractivity contribution in [3.05, 3.63) is 42.3 Å². The van der Waals surface area contributed by atoms with Gasteiger partial charge in [-0.15, -0.1) is 0 Å². The van der Waals surface area contributed by atoms with E-state index < -0.39 is 0 Å². The van der Waals surface area contributed by atoms with Crippen LogP contribution in [0.5, 0.6) is 0 Å². The monoisotopic (exact) mass is 261 g/mol. The van der Waals surface area contributed by atoms with Gasteiger partial charge in [0, 0.05) is 12.2 Å². The SMILES string of the molecule is CC(C)Nc1c(NO)ccc(F)c1-c1ccccn1. The average molecular weight is 261 g/mol. The molecule has 1 aromatic carbocycles. The summed E-state index contributed by atoms with van der Waals surface area (Å²) in [6.07, 6.45) is 1.60. The fraction of sp³-hybridized carbons (Fsp3) is 0.214. The minimum atomic E-state index is -0.388. The Balaban J connectivity index is 2.63. The lowest BCUT2D eigenvalue weighted by Crippen LogP contribution is -2.13. The highest BCUT2D eigenvalue weighted by molar-refractivity contribution is 5.86. The third-order valence-electron chi connectivity index (χ3n) is 2.63. The largest absolute Gasteiger partial charge is 0.380 e. The van der Waals surface area contributed by atoms with E-state index >= 15 is 0 Å². The lowest BCUT2D eigenvalue weighted by atomic mass is 10.1. The fourth-order valence-corrected chi connectivity index (χ4v) is 1.87. The summed E-state index contributed by atoms with van der Waals surface area (Å²) in [4.78, 5) is 4.16. The number of anilines is 2. The third kappa shape index (κ3) is 2.82. The van der Waals surface area contributed by atoms with Crippen molar-refractivity contribution in [2.75, 3.05) is 10.8 Å². The van der Waals surface area contributed by atoms with Crippen molar-refractivity contribution in [3.63, 3.8) is 0 Å². The number of pyridine rings is 1. The lowest BCUT2D eigenvalue weighted by molar-refractivity contribution is 0.389. The van der Waals surface area contributed by atoms with E-state index in [-0.39, 0.29) is 11.9 Å². The second-order valence-corrected chi connectivity index (χ2v) is 4.47. The van der Waals surface area contributed by atoms with Gasteiger partial charge in [0.1, 0.15) is 5.82 Å². The standard InChI is InChI=1S/C14H16FN3O/c1-9(2)17-14-12(18-19)7-6-10(15)13(14)11-5-3-4-8-16-11/h3-9,17-19H,1-2H3. The van der Waals surface area contributed by atoms with Crippen LogP contribution >= 0.6 is 0 Å². The summed E-state index contributed by atoms with van der Waals surface area (Å²) in [5, 5.41) is 12.3. The van der Waals surface area contributed by atoms with Crippen LogP contribution in [0.15, 0.2) is 36.5 Å². The summed E-state index contributed by atoms with van der Waals surface area (Å²) in [6, 6.07) is 8.16. The van der Waals surface area contributed by atoms with Crippen LogP contribution in [0.25, 0.3) is 11.3 Å². The molecule has 2 aromatic rings. The van der Waals surface area contributed by atoms with Gasteiger partial charge in [0.25, 0.3) is 0 Å². The molecule has 0 bridgehead atoms. The highest BCUT2D eigenvalue weighted by Crippen LogP contribution is 2.35. The molecule has 1 heterocycles. The Bertz CT molecular complexity index is 558. The van der Waals surface area contributed by atoms with E-state index in [4.69, 9.17) is 5.21 Å². The van der Waals surface area contributed by atoms with Gasteiger partial charge >= 0.3 is 0 Å². The molecule has 4 nitrogen and oxygen atoms in total. The first-order valence-electron chi connectivity index (χ1n) is 6.04. The normalized spacial score (nSPS) is 10.6. The van der Waals surface area contributed by atoms with Gasteiger partial charge in [-0.25, -0.2) is 4.39 Å². The summed E-state index contributed by atoms with van der Waals surface area (Å²) in [5.74, 6) is -0.388. The topological polar surface area (TPSA) is 57.2 Å². The highest BCUT2D eigenvalue weighted by atomic mass is 19.1. The maximum atomic E-state index is 14.1. The molecule has 5 heteroatoms. The van der Waals surface area contributed by atoms with Crippen LogP contribution in [-0.4, -0.2) is 16.2 Å². The van der Waals surface area contributed by atoms with Gasteiger partial charge in [-0.05, 0) is 38.1 Å². The second-order valence-electron chi connectivity index (χ2n) is 4.47. The Morgan fingerprint density at radius 3 is 2.58 bits per heavy atom. The molecule has 100 valence electrons. The summed E-state index contributed by atoms with van der Waals surface area (Å²) in [7, 11) is 0. The van der Waals surface area contributed by atoms with Crippen LogP contribution in [0.3, 0.4) is 0 Å². The molecule has 0 aliphatic heterocycles. The van der Waals surface area contributed by atoms with E-state index in [0.29, 0.717) is 22.6 Å². The van der Waals surface area contributed by atoms with Gasteiger partial charge in [0.05, 0.1) is 22.6 Å². The molecule has 19 heavy (non-hydrogen) atoms. The van der Waals surface area contributed by atoms with E-state index in [0.717, 1.165) is 0 Å². The highest BCUT2D eigenvalue weighted by Gasteiger charge is 2.16. The number of hydrogen-bond acceptors (Lipinski definition) is 4. The number of hydrogen-bond donors (Lipinski definition) is 3. The smallest absolute Gasteiger partial charge is 0.134 e. The maximum absolute atomic E-state index is 14.1. The Kier molecular flexibility index (Phi) is 3.97. The first kappa shape index (κ1) is 13.3. The fourth-order valence-electron chi connectivity index (χ4n) is 1.87. The maximum Gasteiger partial charge on any atom is 0.134 e. The molecule has 0 atom stereocenters. The van der Waals surface area contributed by atoms with Crippen LogP contribution in [0.1, 0.15) is 13.8 Å². The molecule has 0 unspecified atom stereocenters. The zero-order chi connectivity index (χ0) is 13.8. The molecule has 0 radical (unpaired) electrons. The minimum Gasteiger partial charge on any atom is -0.380 e. The zero-order valence-electron chi connectivity index (χ0n) is 10.8. The Morgan fingerprint density at radius 1 is 1.21 bits per heavy atom.